The lowest BCUT2D eigenvalue weighted by molar-refractivity contribution is -0.140. The molecule has 2 heterocycles. The first-order valence-electron chi connectivity index (χ1n) is 8.21. The number of aliphatic imine (C=N–C) groups is 1. The highest BCUT2D eigenvalue weighted by Crippen LogP contribution is 2.66. The summed E-state index contributed by atoms with van der Waals surface area (Å²) in [5, 5.41) is 10.5. The summed E-state index contributed by atoms with van der Waals surface area (Å²) in [6.07, 6.45) is 4.96. The van der Waals surface area contributed by atoms with Gasteiger partial charge in [0.2, 0.25) is 0 Å². The Balaban J connectivity index is 2.20. The van der Waals surface area contributed by atoms with Gasteiger partial charge < -0.3 is 40.1 Å². The van der Waals surface area contributed by atoms with Crippen LogP contribution < -0.4 is 5.73 Å². The van der Waals surface area contributed by atoms with E-state index in [0.717, 1.165) is 0 Å². The Morgan fingerprint density at radius 3 is 2.44 bits per heavy atom. The van der Waals surface area contributed by atoms with Gasteiger partial charge in [0.25, 0.3) is 0 Å². The number of aliphatic hydroxyl groups excluding tert-OH is 1. The topological polar surface area (TPSA) is 231 Å². The molecule has 2 rings (SSSR count). The van der Waals surface area contributed by atoms with Crippen LogP contribution in [0.25, 0.3) is 0 Å². The second kappa shape index (κ2) is 9.44. The molecule has 0 amide bonds. The average molecular weight is 521 g/mol. The smallest absolute Gasteiger partial charge is 0.388 e. The van der Waals surface area contributed by atoms with E-state index in [9.17, 15) is 33.0 Å². The van der Waals surface area contributed by atoms with Gasteiger partial charge in [-0.2, -0.15) is 8.62 Å². The second-order valence-corrected chi connectivity index (χ2v) is 10.8. The van der Waals surface area contributed by atoms with Gasteiger partial charge in [-0.25, -0.2) is 23.1 Å². The Kier molecular flexibility index (Phi) is 7.91. The Morgan fingerprint density at radius 1 is 1.31 bits per heavy atom. The zero-order chi connectivity index (χ0) is 24.5. The molecule has 32 heavy (non-hydrogen) atoms. The van der Waals surface area contributed by atoms with Gasteiger partial charge >= 0.3 is 23.5 Å². The molecule has 180 valence electrons. The van der Waals surface area contributed by atoms with Crippen LogP contribution >= 0.6 is 23.5 Å². The standard InChI is InChI=1S/C13H19FN3O12P3/c1-3-9-11(18)13(6-14,27-12(9)17-5-4-10(15)16-8(17)2)7-26-31(22,23)29-32(24,25)28-30(19,20)21/h1,4-5,9,11-12,18H,2,6-7H2,(H2,15,16)(H,22,23)(H,24,25)(H2,19,20,21)/t9-,11-,12+,13+/m0/s1. The Labute approximate surface area is 180 Å². The van der Waals surface area contributed by atoms with E-state index in [0.29, 0.717) is 0 Å². The molecule has 0 spiro atoms. The summed E-state index contributed by atoms with van der Waals surface area (Å²) in [6, 6.07) is 0. The Hall–Kier alpha value is -1.43. The molecule has 6 atom stereocenters. The maximum Gasteiger partial charge on any atom is 0.490 e. The van der Waals surface area contributed by atoms with Gasteiger partial charge in [0, 0.05) is 6.20 Å². The van der Waals surface area contributed by atoms with Gasteiger partial charge in [-0.3, -0.25) is 4.52 Å². The van der Waals surface area contributed by atoms with E-state index in [4.69, 9.17) is 26.7 Å². The van der Waals surface area contributed by atoms with Crippen LogP contribution in [-0.4, -0.2) is 66.6 Å². The van der Waals surface area contributed by atoms with Crippen LogP contribution in [0.15, 0.2) is 29.7 Å². The number of alkyl halides is 1. The first kappa shape index (κ1) is 26.8. The van der Waals surface area contributed by atoms with E-state index in [2.05, 4.69) is 30.6 Å². The number of phosphoric acid groups is 3. The molecule has 19 heteroatoms. The van der Waals surface area contributed by atoms with Crippen LogP contribution in [-0.2, 0) is 31.6 Å². The van der Waals surface area contributed by atoms with Crippen LogP contribution in [0.4, 0.5) is 4.39 Å². The molecule has 2 aliphatic heterocycles. The molecule has 0 bridgehead atoms. The summed E-state index contributed by atoms with van der Waals surface area (Å²) in [5.41, 5.74) is 3.17. The number of halogens is 1. The molecule has 0 aliphatic carbocycles. The van der Waals surface area contributed by atoms with E-state index in [1.54, 1.807) is 0 Å². The summed E-state index contributed by atoms with van der Waals surface area (Å²) in [7, 11) is -17.0. The number of terminal acetylenes is 1. The third kappa shape index (κ3) is 6.33. The quantitative estimate of drug-likeness (QED) is 0.168. The number of amidine groups is 1. The normalized spacial score (nSPS) is 32.2. The van der Waals surface area contributed by atoms with E-state index >= 15 is 0 Å². The highest BCUT2D eigenvalue weighted by molar-refractivity contribution is 7.66. The van der Waals surface area contributed by atoms with Crippen molar-refractivity contribution in [2.45, 2.75) is 17.9 Å². The fourth-order valence-corrected chi connectivity index (χ4v) is 5.83. The van der Waals surface area contributed by atoms with Crippen molar-refractivity contribution in [2.24, 2.45) is 16.6 Å². The molecule has 2 aliphatic rings. The monoisotopic (exact) mass is 521 g/mol. The zero-order valence-corrected chi connectivity index (χ0v) is 18.6. The lowest BCUT2D eigenvalue weighted by Crippen LogP contribution is -2.47. The maximum absolute atomic E-state index is 14.0. The number of aliphatic hydroxyl groups is 1. The highest BCUT2D eigenvalue weighted by atomic mass is 31.3. The lowest BCUT2D eigenvalue weighted by Gasteiger charge is -2.32. The predicted molar refractivity (Wildman–Crippen MR) is 103 cm³/mol. The van der Waals surface area contributed by atoms with Crippen LogP contribution in [0.1, 0.15) is 0 Å². The largest absolute Gasteiger partial charge is 0.490 e. The maximum atomic E-state index is 14.0. The van der Waals surface area contributed by atoms with Crippen molar-refractivity contribution >= 4 is 29.3 Å². The van der Waals surface area contributed by atoms with Crippen molar-refractivity contribution in [1.29, 1.82) is 0 Å². The van der Waals surface area contributed by atoms with Crippen molar-refractivity contribution in [3.63, 3.8) is 0 Å². The molecule has 1 fully saturated rings. The molecular formula is C13H19FN3O12P3. The number of hydrogen-bond acceptors (Lipinski definition) is 11. The van der Waals surface area contributed by atoms with E-state index in [1.807, 2.05) is 0 Å². The Bertz CT molecular complexity index is 1010. The van der Waals surface area contributed by atoms with Crippen molar-refractivity contribution in [3.05, 3.63) is 24.7 Å². The van der Waals surface area contributed by atoms with Crippen molar-refractivity contribution in [3.8, 4) is 12.3 Å². The number of rotatable bonds is 9. The third-order valence-electron chi connectivity index (χ3n) is 4.08. The minimum absolute atomic E-state index is 0.0185. The molecule has 0 aromatic carbocycles. The van der Waals surface area contributed by atoms with Crippen LogP contribution in [0.2, 0.25) is 0 Å². The minimum atomic E-state index is -5.79. The SMILES string of the molecule is C#C[C@@H]1[C@H](N2C=CC(N)=NC2=C)O[C@](CF)(COP(=O)(O)OP(=O)(O)OP(=O)(O)O)[C@H]1O. The van der Waals surface area contributed by atoms with Crippen LogP contribution in [0.5, 0.6) is 0 Å². The number of nitrogens with two attached hydrogens (primary N) is 1. The predicted octanol–water partition coefficient (Wildman–Crippen LogP) is -0.338. The fourth-order valence-electron chi connectivity index (χ4n) is 2.75. The summed E-state index contributed by atoms with van der Waals surface area (Å²) in [5.74, 6) is 1.06. The summed E-state index contributed by atoms with van der Waals surface area (Å²) in [6.45, 7) is 0.852. The van der Waals surface area contributed by atoms with Gasteiger partial charge in [0.15, 0.2) is 6.23 Å². The summed E-state index contributed by atoms with van der Waals surface area (Å²) >= 11 is 0. The summed E-state index contributed by atoms with van der Waals surface area (Å²) < 4.78 is 65.0. The van der Waals surface area contributed by atoms with Gasteiger partial charge in [-0.05, 0) is 6.08 Å². The second-order valence-electron chi connectivity index (χ2n) is 6.38. The van der Waals surface area contributed by atoms with E-state index in [-0.39, 0.29) is 11.7 Å². The molecule has 2 unspecified atom stereocenters. The molecule has 0 aromatic rings. The van der Waals surface area contributed by atoms with Crippen molar-refractivity contribution < 1.29 is 60.6 Å². The fraction of sp³-hybridized carbons (Fsp3) is 0.462. The highest BCUT2D eigenvalue weighted by Gasteiger charge is 2.57. The molecule has 0 saturated carbocycles. The first-order chi connectivity index (χ1) is 14.5. The Morgan fingerprint density at radius 2 is 1.94 bits per heavy atom. The number of ether oxygens (including phenoxy) is 1. The zero-order valence-electron chi connectivity index (χ0n) is 15.9. The van der Waals surface area contributed by atoms with Gasteiger partial charge in [0.05, 0.1) is 12.5 Å². The van der Waals surface area contributed by atoms with Crippen LogP contribution in [0, 0.1) is 18.3 Å². The number of phosphoric ester groups is 1. The molecule has 0 radical (unpaired) electrons. The molecule has 1 saturated heterocycles. The van der Waals surface area contributed by atoms with E-state index < -0.39 is 60.6 Å². The van der Waals surface area contributed by atoms with Gasteiger partial charge in [-0.15, -0.1) is 6.42 Å². The van der Waals surface area contributed by atoms with E-state index in [1.165, 1.54) is 17.2 Å². The minimum Gasteiger partial charge on any atom is -0.388 e. The van der Waals surface area contributed by atoms with Crippen molar-refractivity contribution in [2.75, 3.05) is 13.3 Å². The molecule has 0 aromatic heterocycles. The molecule has 15 nitrogen and oxygen atoms in total. The average Bonchev–Trinajstić information content (AvgIpc) is 2.89. The summed E-state index contributed by atoms with van der Waals surface area (Å²) in [4.78, 5) is 40.9. The first-order valence-corrected chi connectivity index (χ1v) is 12.7. The van der Waals surface area contributed by atoms with Crippen LogP contribution in [0.3, 0.4) is 0 Å². The number of nitrogens with zero attached hydrogens (tertiary/aromatic N) is 2. The molecular weight excluding hydrogens is 502 g/mol. The molecule has 7 N–H and O–H groups in total. The van der Waals surface area contributed by atoms with Gasteiger partial charge in [0.1, 0.15) is 30.0 Å². The lowest BCUT2D eigenvalue weighted by atomic mass is 9.91. The van der Waals surface area contributed by atoms with Gasteiger partial charge in [-0.1, -0.05) is 12.5 Å². The third-order valence-corrected chi connectivity index (χ3v) is 7.87. The van der Waals surface area contributed by atoms with Crippen molar-refractivity contribution in [1.82, 2.24) is 4.90 Å². The number of hydrogen-bond donors (Lipinski definition) is 6.